The average Bonchev–Trinajstić information content (AvgIpc) is 2.64. The summed E-state index contributed by atoms with van der Waals surface area (Å²) in [5.74, 6) is 0. The van der Waals surface area contributed by atoms with Gasteiger partial charge in [0, 0.05) is 5.02 Å². The van der Waals surface area contributed by atoms with Crippen molar-refractivity contribution in [3.8, 4) is 12.1 Å². The van der Waals surface area contributed by atoms with Crippen LogP contribution in [-0.4, -0.2) is 0 Å². The highest BCUT2D eigenvalue weighted by molar-refractivity contribution is 6.31. The van der Waals surface area contributed by atoms with Crippen molar-refractivity contribution in [2.45, 2.75) is 0 Å². The van der Waals surface area contributed by atoms with Gasteiger partial charge >= 0.3 is 0 Å². The minimum atomic E-state index is -0.176. The predicted molar refractivity (Wildman–Crippen MR) is 97.0 cm³/mol. The van der Waals surface area contributed by atoms with Gasteiger partial charge in [-0.05, 0) is 44.1 Å². The van der Waals surface area contributed by atoms with Gasteiger partial charge in [-0.3, -0.25) is 0 Å². The number of rotatable bonds is 0. The van der Waals surface area contributed by atoms with Crippen molar-refractivity contribution in [1.82, 2.24) is 0 Å². The maximum Gasteiger partial charge on any atom is 0.268 e. The molecule has 0 N–H and O–H groups in total. The van der Waals surface area contributed by atoms with Crippen LogP contribution in [0.3, 0.4) is 0 Å². The Kier molecular flexibility index (Phi) is 4.07. The highest BCUT2D eigenvalue weighted by Gasteiger charge is 2.12. The Hall–Kier alpha value is -3.83. The van der Waals surface area contributed by atoms with E-state index in [0.29, 0.717) is 21.0 Å². The topological polar surface area (TPSA) is 56.3 Å². The van der Waals surface area contributed by atoms with Crippen molar-refractivity contribution in [3.05, 3.63) is 80.8 Å². The van der Waals surface area contributed by atoms with Gasteiger partial charge in [0.25, 0.3) is 11.4 Å². The van der Waals surface area contributed by atoms with Gasteiger partial charge in [-0.25, -0.2) is 20.2 Å². The van der Waals surface area contributed by atoms with E-state index in [-0.39, 0.29) is 16.6 Å². The zero-order valence-electron chi connectivity index (χ0n) is 12.7. The van der Waals surface area contributed by atoms with Crippen molar-refractivity contribution >= 4 is 44.5 Å². The molecule has 0 atom stereocenters. The summed E-state index contributed by atoms with van der Waals surface area (Å²) in [6, 6.07) is 16.3. The van der Waals surface area contributed by atoms with E-state index >= 15 is 0 Å². The quantitative estimate of drug-likeness (QED) is 0.463. The van der Waals surface area contributed by atoms with E-state index in [1.807, 2.05) is 30.3 Å². The molecular formula is C20H7ClN4. The molecule has 0 amide bonds. The molecule has 5 heteroatoms. The number of hydrogen-bond acceptors (Lipinski definition) is 2. The van der Waals surface area contributed by atoms with Crippen LogP contribution in [0.25, 0.3) is 42.6 Å². The Labute approximate surface area is 148 Å². The van der Waals surface area contributed by atoms with Crippen LogP contribution in [0.5, 0.6) is 0 Å². The molecule has 0 unspecified atom stereocenters. The molecule has 4 nitrogen and oxygen atoms in total. The van der Waals surface area contributed by atoms with Crippen LogP contribution in [0.15, 0.2) is 42.5 Å². The molecule has 3 aromatic rings. The molecule has 0 heterocycles. The molecule has 0 aliphatic carbocycles. The Morgan fingerprint density at radius 2 is 1.32 bits per heavy atom. The van der Waals surface area contributed by atoms with Gasteiger partial charge in [0.15, 0.2) is 0 Å². The second-order valence-corrected chi connectivity index (χ2v) is 5.57. The van der Waals surface area contributed by atoms with Gasteiger partial charge in [0.1, 0.15) is 0 Å². The minimum Gasteiger partial charge on any atom is -0.226 e. The number of nitriles is 2. The first-order valence-corrected chi connectivity index (χ1v) is 7.47. The summed E-state index contributed by atoms with van der Waals surface area (Å²) in [6.07, 6.45) is 0. The van der Waals surface area contributed by atoms with Crippen LogP contribution >= 0.6 is 11.6 Å². The Balaban J connectivity index is 2.99. The van der Waals surface area contributed by atoms with E-state index in [2.05, 4.69) is 9.69 Å². The molecule has 0 saturated heterocycles. The van der Waals surface area contributed by atoms with E-state index in [0.717, 1.165) is 10.8 Å². The maximum atomic E-state index is 9.43. The summed E-state index contributed by atoms with van der Waals surface area (Å²) >= 11 is 6.13. The van der Waals surface area contributed by atoms with Crippen LogP contribution in [0.1, 0.15) is 0 Å². The highest BCUT2D eigenvalue weighted by Crippen LogP contribution is 2.24. The number of benzene rings is 3. The third-order valence-electron chi connectivity index (χ3n) is 3.90. The van der Waals surface area contributed by atoms with Crippen LogP contribution in [0, 0.1) is 35.8 Å². The van der Waals surface area contributed by atoms with Crippen LogP contribution in [0.4, 0.5) is 0 Å². The Bertz CT molecular complexity index is 1310. The van der Waals surface area contributed by atoms with E-state index in [1.165, 1.54) is 0 Å². The largest absolute Gasteiger partial charge is 0.268 e. The Morgan fingerprint density at radius 3 is 1.88 bits per heavy atom. The van der Waals surface area contributed by atoms with E-state index in [1.54, 1.807) is 24.3 Å². The van der Waals surface area contributed by atoms with Crippen molar-refractivity contribution in [1.29, 1.82) is 10.5 Å². The number of hydrogen-bond donors (Lipinski definition) is 0. The van der Waals surface area contributed by atoms with E-state index < -0.39 is 0 Å². The normalized spacial score (nSPS) is 12.5. The summed E-state index contributed by atoms with van der Waals surface area (Å²) in [5, 5.41) is 22.7. The monoisotopic (exact) mass is 338 g/mol. The lowest BCUT2D eigenvalue weighted by molar-refractivity contribution is 1.50. The zero-order chi connectivity index (χ0) is 18.0. The average molecular weight is 339 g/mol. The molecule has 25 heavy (non-hydrogen) atoms. The molecule has 0 bridgehead atoms. The number of nitrogens with zero attached hydrogens (tertiary/aromatic N) is 4. The third kappa shape index (κ3) is 2.45. The maximum absolute atomic E-state index is 9.43. The number of fused-ring (bicyclic) bond motifs is 3. The van der Waals surface area contributed by atoms with Crippen molar-refractivity contribution in [2.75, 3.05) is 0 Å². The predicted octanol–water partition coefficient (Wildman–Crippen LogP) is 3.75. The van der Waals surface area contributed by atoms with Gasteiger partial charge in [-0.15, -0.1) is 0 Å². The lowest BCUT2D eigenvalue weighted by atomic mass is 9.96. The second-order valence-electron chi connectivity index (χ2n) is 5.13. The summed E-state index contributed by atoms with van der Waals surface area (Å²) in [7, 11) is 0. The van der Waals surface area contributed by atoms with Crippen molar-refractivity contribution in [2.24, 2.45) is 0 Å². The summed E-state index contributed by atoms with van der Waals surface area (Å²) in [6.45, 7) is 14.7. The molecule has 114 valence electrons. The molecule has 0 aliphatic rings. The Morgan fingerprint density at radius 1 is 0.800 bits per heavy atom. The van der Waals surface area contributed by atoms with E-state index in [9.17, 15) is 10.5 Å². The first-order chi connectivity index (χ1) is 12.2. The fourth-order valence-corrected chi connectivity index (χ4v) is 3.10. The lowest BCUT2D eigenvalue weighted by Gasteiger charge is -2.09. The van der Waals surface area contributed by atoms with Gasteiger partial charge in [-0.2, -0.15) is 0 Å². The third-order valence-corrected chi connectivity index (χ3v) is 4.13. The summed E-state index contributed by atoms with van der Waals surface area (Å²) in [4.78, 5) is 6.63. The molecule has 0 radical (unpaired) electrons. The summed E-state index contributed by atoms with van der Waals surface area (Å²) in [5.41, 5.74) is -0.339. The standard InChI is InChI=1S/C20H7ClN4/c1-24-17(10-22)19-15-6-4-3-5-13(15)14-8-7-12(21)9-16(14)20(19)18(11-23)25-2/h3-9H/b19-17+,20-18-. The SMILES string of the molecule is [C-]#[N+]/C(C#N)=c1\c(=C(/C#N)[N+]#[C-])c2ccccc2c2ccc(Cl)cc12. The fourth-order valence-electron chi connectivity index (χ4n) is 2.93. The first kappa shape index (κ1) is 16.0. The molecule has 0 fully saturated rings. The smallest absolute Gasteiger partial charge is 0.226 e. The van der Waals surface area contributed by atoms with Crippen molar-refractivity contribution in [3.63, 3.8) is 0 Å². The van der Waals surface area contributed by atoms with Crippen molar-refractivity contribution < 1.29 is 0 Å². The van der Waals surface area contributed by atoms with Gasteiger partial charge in [0.05, 0.1) is 25.3 Å². The first-order valence-electron chi connectivity index (χ1n) is 7.10. The van der Waals surface area contributed by atoms with Crippen LogP contribution in [-0.2, 0) is 0 Å². The molecule has 0 aliphatic heterocycles. The second kappa shape index (κ2) is 6.35. The minimum absolute atomic E-state index is 0.163. The van der Waals surface area contributed by atoms with Gasteiger partial charge in [0.2, 0.25) is 0 Å². The van der Waals surface area contributed by atoms with Gasteiger partial charge in [-0.1, -0.05) is 41.9 Å². The molecule has 3 rings (SSSR count). The van der Waals surface area contributed by atoms with Crippen LogP contribution in [0.2, 0.25) is 5.02 Å². The molecular weight excluding hydrogens is 332 g/mol. The van der Waals surface area contributed by atoms with E-state index in [4.69, 9.17) is 24.7 Å². The molecule has 0 saturated carbocycles. The fraction of sp³-hybridized carbons (Fsp3) is 0. The molecule has 0 aromatic heterocycles. The lowest BCUT2D eigenvalue weighted by Crippen LogP contribution is -2.30. The van der Waals surface area contributed by atoms with Gasteiger partial charge < -0.3 is 0 Å². The summed E-state index contributed by atoms with van der Waals surface area (Å²) < 4.78 is 0. The molecule has 0 spiro atoms. The molecule has 3 aromatic carbocycles. The number of halogens is 1. The zero-order valence-corrected chi connectivity index (χ0v) is 13.5. The van der Waals surface area contributed by atoms with Crippen LogP contribution < -0.4 is 10.4 Å². The highest BCUT2D eigenvalue weighted by atomic mass is 35.5.